The maximum Gasteiger partial charge on any atom is 0.186 e. The molecular weight excluding hydrogens is 222 g/mol. The van der Waals surface area contributed by atoms with Crippen LogP contribution in [0.1, 0.15) is 25.7 Å². The van der Waals surface area contributed by atoms with Crippen LogP contribution >= 0.6 is 23.3 Å². The zero-order valence-corrected chi connectivity index (χ0v) is 9.18. The molecule has 6 heteroatoms. The van der Waals surface area contributed by atoms with Crippen molar-refractivity contribution in [2.24, 2.45) is 0 Å². The SMILES string of the molecule is OC1CCCCC1Nc1nsnc1Cl. The fourth-order valence-corrected chi connectivity index (χ4v) is 2.38. The molecule has 0 saturated heterocycles. The number of rotatable bonds is 2. The normalized spacial score (nSPS) is 27.6. The minimum absolute atomic E-state index is 0.0742. The minimum atomic E-state index is -0.290. The average molecular weight is 234 g/mol. The van der Waals surface area contributed by atoms with Gasteiger partial charge < -0.3 is 10.4 Å². The molecular formula is C8H12ClN3OS. The van der Waals surface area contributed by atoms with E-state index in [1.807, 2.05) is 0 Å². The van der Waals surface area contributed by atoms with Gasteiger partial charge in [-0.25, -0.2) is 0 Å². The highest BCUT2D eigenvalue weighted by Crippen LogP contribution is 2.25. The number of nitrogens with zero attached hydrogens (tertiary/aromatic N) is 2. The van der Waals surface area contributed by atoms with E-state index in [1.54, 1.807) is 0 Å². The fourth-order valence-electron chi connectivity index (χ4n) is 1.72. The minimum Gasteiger partial charge on any atom is -0.391 e. The van der Waals surface area contributed by atoms with Crippen LogP contribution in [0, 0.1) is 0 Å². The zero-order chi connectivity index (χ0) is 9.97. The summed E-state index contributed by atoms with van der Waals surface area (Å²) in [5, 5.41) is 13.2. The van der Waals surface area contributed by atoms with Crippen LogP contribution in [0.2, 0.25) is 5.15 Å². The molecule has 1 aliphatic rings. The summed E-state index contributed by atoms with van der Waals surface area (Å²) in [5.41, 5.74) is 0. The van der Waals surface area contributed by atoms with E-state index in [2.05, 4.69) is 14.1 Å². The molecule has 2 atom stereocenters. The number of anilines is 1. The van der Waals surface area contributed by atoms with Crippen molar-refractivity contribution in [3.63, 3.8) is 0 Å². The molecule has 0 spiro atoms. The summed E-state index contributed by atoms with van der Waals surface area (Å²) in [6, 6.07) is 0.0742. The fraction of sp³-hybridized carbons (Fsp3) is 0.750. The van der Waals surface area contributed by atoms with Gasteiger partial charge in [-0.2, -0.15) is 8.75 Å². The van der Waals surface area contributed by atoms with Gasteiger partial charge in [0.05, 0.1) is 23.9 Å². The Bertz CT molecular complexity index is 307. The molecule has 0 radical (unpaired) electrons. The Morgan fingerprint density at radius 2 is 2.14 bits per heavy atom. The zero-order valence-electron chi connectivity index (χ0n) is 7.61. The van der Waals surface area contributed by atoms with Crippen molar-refractivity contribution < 1.29 is 5.11 Å². The third-order valence-electron chi connectivity index (χ3n) is 2.50. The van der Waals surface area contributed by atoms with Gasteiger partial charge in [-0.3, -0.25) is 0 Å². The lowest BCUT2D eigenvalue weighted by Crippen LogP contribution is -2.36. The molecule has 2 rings (SSSR count). The highest BCUT2D eigenvalue weighted by Gasteiger charge is 2.24. The number of nitrogens with one attached hydrogen (secondary N) is 1. The molecule has 2 unspecified atom stereocenters. The third-order valence-corrected chi connectivity index (χ3v) is 3.39. The van der Waals surface area contributed by atoms with Gasteiger partial charge in [-0.15, -0.1) is 0 Å². The van der Waals surface area contributed by atoms with Gasteiger partial charge in [0, 0.05) is 0 Å². The van der Waals surface area contributed by atoms with Gasteiger partial charge in [0.2, 0.25) is 0 Å². The molecule has 0 aliphatic heterocycles. The number of halogens is 1. The van der Waals surface area contributed by atoms with Gasteiger partial charge in [0.15, 0.2) is 11.0 Å². The first-order chi connectivity index (χ1) is 6.77. The van der Waals surface area contributed by atoms with Crippen molar-refractivity contribution in [1.82, 2.24) is 8.75 Å². The summed E-state index contributed by atoms with van der Waals surface area (Å²) < 4.78 is 7.88. The largest absolute Gasteiger partial charge is 0.391 e. The van der Waals surface area contributed by atoms with Crippen LogP contribution in [-0.2, 0) is 0 Å². The predicted molar refractivity (Wildman–Crippen MR) is 56.8 cm³/mol. The predicted octanol–water partition coefficient (Wildman–Crippen LogP) is 1.91. The van der Waals surface area contributed by atoms with Crippen LogP contribution in [0.3, 0.4) is 0 Å². The quantitative estimate of drug-likeness (QED) is 0.819. The molecule has 14 heavy (non-hydrogen) atoms. The first-order valence-corrected chi connectivity index (χ1v) is 5.81. The second kappa shape index (κ2) is 4.42. The third kappa shape index (κ3) is 2.16. The number of aliphatic hydroxyl groups is 1. The van der Waals surface area contributed by atoms with Crippen LogP contribution < -0.4 is 5.32 Å². The maximum atomic E-state index is 9.71. The summed E-state index contributed by atoms with van der Waals surface area (Å²) in [6.45, 7) is 0. The van der Waals surface area contributed by atoms with Crippen molar-refractivity contribution in [2.45, 2.75) is 37.8 Å². The molecule has 1 heterocycles. The number of hydrogen-bond acceptors (Lipinski definition) is 5. The van der Waals surface area contributed by atoms with Crippen LogP contribution in [0.5, 0.6) is 0 Å². The van der Waals surface area contributed by atoms with Crippen molar-refractivity contribution >= 4 is 29.1 Å². The second-order valence-electron chi connectivity index (χ2n) is 3.51. The van der Waals surface area contributed by atoms with Gasteiger partial charge in [0.1, 0.15) is 0 Å². The van der Waals surface area contributed by atoms with Gasteiger partial charge >= 0.3 is 0 Å². The average Bonchev–Trinajstić information content (AvgIpc) is 2.56. The second-order valence-corrected chi connectivity index (χ2v) is 4.39. The Labute approximate surface area is 91.6 Å². The summed E-state index contributed by atoms with van der Waals surface area (Å²) in [7, 11) is 0. The molecule has 78 valence electrons. The summed E-state index contributed by atoms with van der Waals surface area (Å²) in [4.78, 5) is 0. The number of aromatic nitrogens is 2. The maximum absolute atomic E-state index is 9.71. The van der Waals surface area contributed by atoms with E-state index in [-0.39, 0.29) is 12.1 Å². The smallest absolute Gasteiger partial charge is 0.186 e. The molecule has 0 bridgehead atoms. The highest BCUT2D eigenvalue weighted by molar-refractivity contribution is 6.99. The molecule has 1 saturated carbocycles. The number of hydrogen-bond donors (Lipinski definition) is 2. The van der Waals surface area contributed by atoms with E-state index in [0.29, 0.717) is 11.0 Å². The van der Waals surface area contributed by atoms with E-state index in [0.717, 1.165) is 37.4 Å². The highest BCUT2D eigenvalue weighted by atomic mass is 35.5. The van der Waals surface area contributed by atoms with Gasteiger partial charge in [-0.1, -0.05) is 24.4 Å². The Morgan fingerprint density at radius 3 is 2.79 bits per heavy atom. The molecule has 0 amide bonds. The lowest BCUT2D eigenvalue weighted by atomic mass is 9.93. The molecule has 4 nitrogen and oxygen atoms in total. The van der Waals surface area contributed by atoms with Crippen LogP contribution in [0.4, 0.5) is 5.82 Å². The lowest BCUT2D eigenvalue weighted by Gasteiger charge is -2.28. The van der Waals surface area contributed by atoms with E-state index in [1.165, 1.54) is 0 Å². The molecule has 1 aromatic heterocycles. The van der Waals surface area contributed by atoms with E-state index in [4.69, 9.17) is 11.6 Å². The van der Waals surface area contributed by atoms with Gasteiger partial charge in [-0.05, 0) is 12.8 Å². The molecule has 1 fully saturated rings. The summed E-state index contributed by atoms with van der Waals surface area (Å²) in [5.74, 6) is 0.600. The van der Waals surface area contributed by atoms with E-state index < -0.39 is 0 Å². The Kier molecular flexibility index (Phi) is 3.20. The standard InChI is InChI=1S/C8H12ClN3OS/c9-7-8(12-14-11-7)10-5-3-1-2-4-6(5)13/h5-6,13H,1-4H2,(H,10,12). The van der Waals surface area contributed by atoms with Crippen LogP contribution in [-0.4, -0.2) is 26.0 Å². The molecule has 2 N–H and O–H groups in total. The summed E-state index contributed by atoms with van der Waals surface area (Å²) >= 11 is 6.88. The monoisotopic (exact) mass is 233 g/mol. The molecule has 1 aromatic rings. The van der Waals surface area contributed by atoms with E-state index in [9.17, 15) is 5.11 Å². The topological polar surface area (TPSA) is 58.0 Å². The van der Waals surface area contributed by atoms with Crippen molar-refractivity contribution in [3.05, 3.63) is 5.15 Å². The lowest BCUT2D eigenvalue weighted by molar-refractivity contribution is 0.116. The Morgan fingerprint density at radius 1 is 1.36 bits per heavy atom. The molecule has 0 aromatic carbocycles. The number of aliphatic hydroxyl groups excluding tert-OH is 1. The first kappa shape index (κ1) is 10.1. The Hall–Kier alpha value is -0.390. The first-order valence-electron chi connectivity index (χ1n) is 4.70. The van der Waals surface area contributed by atoms with Gasteiger partial charge in [0.25, 0.3) is 0 Å². The molecule has 1 aliphatic carbocycles. The van der Waals surface area contributed by atoms with Crippen LogP contribution in [0.15, 0.2) is 0 Å². The van der Waals surface area contributed by atoms with Crippen LogP contribution in [0.25, 0.3) is 0 Å². The van der Waals surface area contributed by atoms with E-state index >= 15 is 0 Å². The Balaban J connectivity index is 1.99. The summed E-state index contributed by atoms with van der Waals surface area (Å²) in [6.07, 6.45) is 3.77. The van der Waals surface area contributed by atoms with Crippen molar-refractivity contribution in [2.75, 3.05) is 5.32 Å². The van der Waals surface area contributed by atoms with Crippen molar-refractivity contribution in [1.29, 1.82) is 0 Å². The van der Waals surface area contributed by atoms with Crippen molar-refractivity contribution in [3.8, 4) is 0 Å².